The minimum Gasteiger partial charge on any atom is -0.493 e. The van der Waals surface area contributed by atoms with Gasteiger partial charge in [-0.15, -0.1) is 0 Å². The number of aromatic nitrogens is 2. The second kappa shape index (κ2) is 9.58. The van der Waals surface area contributed by atoms with Gasteiger partial charge in [0.1, 0.15) is 17.8 Å². The third kappa shape index (κ3) is 4.60. The quantitative estimate of drug-likeness (QED) is 0.680. The molecular weight excluding hydrogens is 368 g/mol. The molecule has 1 aliphatic rings. The average Bonchev–Trinajstić information content (AvgIpc) is 2.77. The van der Waals surface area contributed by atoms with Crippen molar-refractivity contribution in [2.75, 3.05) is 38.8 Å². The number of carbonyl (C=O) groups excluding carboxylic acids is 1. The highest BCUT2D eigenvalue weighted by molar-refractivity contribution is 5.93. The molecule has 1 aromatic heterocycles. The van der Waals surface area contributed by atoms with E-state index in [0.717, 1.165) is 56.2 Å². The van der Waals surface area contributed by atoms with Crippen molar-refractivity contribution in [1.82, 2.24) is 14.9 Å². The molecule has 0 aliphatic carbocycles. The molecule has 0 N–H and O–H groups in total. The van der Waals surface area contributed by atoms with Gasteiger partial charge in [-0.05, 0) is 42.5 Å². The predicted molar refractivity (Wildman–Crippen MR) is 113 cm³/mol. The zero-order chi connectivity index (χ0) is 20.8. The van der Waals surface area contributed by atoms with E-state index in [-0.39, 0.29) is 5.91 Å². The minimum absolute atomic E-state index is 0.0267. The molecule has 1 aromatic carbocycles. The molecule has 3 rings (SSSR count). The van der Waals surface area contributed by atoms with Crippen molar-refractivity contribution in [1.29, 1.82) is 0 Å². The maximum absolute atomic E-state index is 12.9. The lowest BCUT2D eigenvalue weighted by atomic mass is 9.98. The Kier molecular flexibility index (Phi) is 6.90. The Bertz CT molecular complexity index is 850. The summed E-state index contributed by atoms with van der Waals surface area (Å²) in [5.74, 6) is 2.22. The van der Waals surface area contributed by atoms with Crippen LogP contribution in [-0.2, 0) is 13.0 Å². The molecule has 1 aliphatic heterocycles. The first-order chi connectivity index (χ1) is 14.1. The number of amides is 1. The highest BCUT2D eigenvalue weighted by Gasteiger charge is 2.22. The summed E-state index contributed by atoms with van der Waals surface area (Å²) < 4.78 is 10.9. The standard InChI is InChI=1S/C22H30N4O3/c1-5-8-25(9-6-2)22(27)18-13-21(24-15-23-18)26-10-7-16-11-19(28-3)20(29-4)12-17(16)14-26/h11-13,15H,5-10,14H2,1-4H3. The molecule has 1 amide bonds. The van der Waals surface area contributed by atoms with E-state index in [1.54, 1.807) is 14.2 Å². The Morgan fingerprint density at radius 2 is 1.69 bits per heavy atom. The second-order valence-electron chi connectivity index (χ2n) is 7.20. The van der Waals surface area contributed by atoms with Crippen LogP contribution >= 0.6 is 0 Å². The Labute approximate surface area is 172 Å². The second-order valence-corrected chi connectivity index (χ2v) is 7.20. The molecule has 29 heavy (non-hydrogen) atoms. The van der Waals surface area contributed by atoms with Gasteiger partial charge in [0.2, 0.25) is 0 Å². The lowest BCUT2D eigenvalue weighted by Crippen LogP contribution is -2.34. The molecule has 2 heterocycles. The topological polar surface area (TPSA) is 67.8 Å². The summed E-state index contributed by atoms with van der Waals surface area (Å²) in [6, 6.07) is 5.89. The fourth-order valence-corrected chi connectivity index (χ4v) is 3.73. The molecule has 0 saturated carbocycles. The molecule has 0 radical (unpaired) electrons. The summed E-state index contributed by atoms with van der Waals surface area (Å²) in [4.78, 5) is 25.6. The number of carbonyl (C=O) groups is 1. The summed E-state index contributed by atoms with van der Waals surface area (Å²) >= 11 is 0. The van der Waals surface area contributed by atoms with Crippen LogP contribution in [0.4, 0.5) is 5.82 Å². The van der Waals surface area contributed by atoms with Gasteiger partial charge in [0.15, 0.2) is 11.5 Å². The molecule has 7 nitrogen and oxygen atoms in total. The summed E-state index contributed by atoms with van der Waals surface area (Å²) in [6.07, 6.45) is 4.22. The Morgan fingerprint density at radius 1 is 1.03 bits per heavy atom. The predicted octanol–water partition coefficient (Wildman–Crippen LogP) is 3.32. The number of methoxy groups -OCH3 is 2. The number of rotatable bonds is 8. The lowest BCUT2D eigenvalue weighted by molar-refractivity contribution is 0.0749. The van der Waals surface area contributed by atoms with E-state index in [9.17, 15) is 4.79 Å². The van der Waals surface area contributed by atoms with Crippen LogP contribution in [0.1, 0.15) is 48.3 Å². The molecular formula is C22H30N4O3. The van der Waals surface area contributed by atoms with Crippen LogP contribution in [0.25, 0.3) is 0 Å². The SMILES string of the molecule is CCCN(CCC)C(=O)c1cc(N2CCc3cc(OC)c(OC)cc3C2)ncn1. The van der Waals surface area contributed by atoms with Gasteiger partial charge >= 0.3 is 0 Å². The molecule has 0 fully saturated rings. The van der Waals surface area contributed by atoms with Crippen LogP contribution in [0.2, 0.25) is 0 Å². The normalized spacial score (nSPS) is 13.0. The molecule has 0 saturated heterocycles. The number of hydrogen-bond donors (Lipinski definition) is 0. The van der Waals surface area contributed by atoms with E-state index in [4.69, 9.17) is 9.47 Å². The van der Waals surface area contributed by atoms with E-state index in [1.807, 2.05) is 23.1 Å². The summed E-state index contributed by atoms with van der Waals surface area (Å²) in [5, 5.41) is 0. The fourth-order valence-electron chi connectivity index (χ4n) is 3.73. The number of anilines is 1. The highest BCUT2D eigenvalue weighted by atomic mass is 16.5. The van der Waals surface area contributed by atoms with Crippen molar-refractivity contribution in [3.8, 4) is 11.5 Å². The fraction of sp³-hybridized carbons (Fsp3) is 0.500. The number of hydrogen-bond acceptors (Lipinski definition) is 6. The molecule has 0 bridgehead atoms. The molecule has 2 aromatic rings. The van der Waals surface area contributed by atoms with Crippen LogP contribution in [-0.4, -0.2) is 54.6 Å². The first-order valence-electron chi connectivity index (χ1n) is 10.2. The Morgan fingerprint density at radius 3 is 2.31 bits per heavy atom. The van der Waals surface area contributed by atoms with E-state index in [0.29, 0.717) is 12.2 Å². The molecule has 0 spiro atoms. The number of fused-ring (bicyclic) bond motifs is 1. The first kappa shape index (κ1) is 20.9. The van der Waals surface area contributed by atoms with E-state index in [1.165, 1.54) is 17.5 Å². The molecule has 156 valence electrons. The van der Waals surface area contributed by atoms with Crippen LogP contribution in [0.5, 0.6) is 11.5 Å². The van der Waals surface area contributed by atoms with Crippen molar-refractivity contribution in [3.05, 3.63) is 41.3 Å². The summed E-state index contributed by atoms with van der Waals surface area (Å²) in [7, 11) is 3.30. The van der Waals surface area contributed by atoms with Gasteiger partial charge in [-0.1, -0.05) is 13.8 Å². The van der Waals surface area contributed by atoms with Crippen molar-refractivity contribution < 1.29 is 14.3 Å². The van der Waals surface area contributed by atoms with Gasteiger partial charge in [-0.2, -0.15) is 0 Å². The summed E-state index contributed by atoms with van der Waals surface area (Å²) in [6.45, 7) is 7.16. The Balaban J connectivity index is 1.82. The van der Waals surface area contributed by atoms with Crippen molar-refractivity contribution in [3.63, 3.8) is 0 Å². The molecule has 0 unspecified atom stereocenters. The maximum atomic E-state index is 12.9. The van der Waals surface area contributed by atoms with Crippen LogP contribution < -0.4 is 14.4 Å². The van der Waals surface area contributed by atoms with Crippen molar-refractivity contribution in [2.45, 2.75) is 39.7 Å². The van der Waals surface area contributed by atoms with E-state index >= 15 is 0 Å². The first-order valence-corrected chi connectivity index (χ1v) is 10.2. The van der Waals surface area contributed by atoms with E-state index in [2.05, 4.69) is 28.7 Å². The number of ether oxygens (including phenoxy) is 2. The maximum Gasteiger partial charge on any atom is 0.272 e. The number of benzene rings is 1. The van der Waals surface area contributed by atoms with E-state index < -0.39 is 0 Å². The van der Waals surface area contributed by atoms with Gasteiger partial charge in [-0.3, -0.25) is 4.79 Å². The van der Waals surface area contributed by atoms with Crippen LogP contribution in [0, 0.1) is 0 Å². The smallest absolute Gasteiger partial charge is 0.272 e. The third-order valence-corrected chi connectivity index (χ3v) is 5.19. The number of nitrogens with zero attached hydrogens (tertiary/aromatic N) is 4. The van der Waals surface area contributed by atoms with Crippen LogP contribution in [0.15, 0.2) is 24.5 Å². The molecule has 0 atom stereocenters. The van der Waals surface area contributed by atoms with Crippen molar-refractivity contribution in [2.24, 2.45) is 0 Å². The van der Waals surface area contributed by atoms with Gasteiger partial charge in [0.05, 0.1) is 14.2 Å². The van der Waals surface area contributed by atoms with Gasteiger partial charge in [-0.25, -0.2) is 9.97 Å². The average molecular weight is 399 g/mol. The highest BCUT2D eigenvalue weighted by Crippen LogP contribution is 2.34. The zero-order valence-corrected chi connectivity index (χ0v) is 17.8. The van der Waals surface area contributed by atoms with Gasteiger partial charge < -0.3 is 19.3 Å². The largest absolute Gasteiger partial charge is 0.493 e. The zero-order valence-electron chi connectivity index (χ0n) is 17.8. The van der Waals surface area contributed by atoms with Crippen LogP contribution in [0.3, 0.4) is 0 Å². The Hall–Kier alpha value is -2.83. The summed E-state index contributed by atoms with van der Waals surface area (Å²) in [5.41, 5.74) is 2.88. The minimum atomic E-state index is -0.0267. The van der Waals surface area contributed by atoms with Gasteiger partial charge in [0.25, 0.3) is 5.91 Å². The monoisotopic (exact) mass is 398 g/mol. The molecule has 7 heteroatoms. The van der Waals surface area contributed by atoms with Gasteiger partial charge in [0, 0.05) is 32.2 Å². The third-order valence-electron chi connectivity index (χ3n) is 5.19. The van der Waals surface area contributed by atoms with Crippen molar-refractivity contribution >= 4 is 11.7 Å². The lowest BCUT2D eigenvalue weighted by Gasteiger charge is -2.30.